The lowest BCUT2D eigenvalue weighted by atomic mass is 10.1. The van der Waals surface area contributed by atoms with Crippen LogP contribution >= 0.6 is 0 Å². The third-order valence-corrected chi connectivity index (χ3v) is 3.25. The highest BCUT2D eigenvalue weighted by atomic mass is 16.5. The van der Waals surface area contributed by atoms with Gasteiger partial charge in [0.2, 0.25) is 0 Å². The van der Waals surface area contributed by atoms with E-state index in [1.807, 2.05) is 43.3 Å². The van der Waals surface area contributed by atoms with Gasteiger partial charge in [0.25, 0.3) is 0 Å². The van der Waals surface area contributed by atoms with Gasteiger partial charge < -0.3 is 16.2 Å². The maximum atomic E-state index is 5.65. The second-order valence-electron chi connectivity index (χ2n) is 4.74. The van der Waals surface area contributed by atoms with Crippen LogP contribution < -0.4 is 16.2 Å². The van der Waals surface area contributed by atoms with Gasteiger partial charge in [-0.3, -0.25) is 0 Å². The molecule has 110 valence electrons. The molecule has 0 saturated carbocycles. The first kappa shape index (κ1) is 15.2. The van der Waals surface area contributed by atoms with E-state index >= 15 is 0 Å². The maximum Gasteiger partial charge on any atom is 0.146 e. The predicted molar refractivity (Wildman–Crippen MR) is 84.1 cm³/mol. The van der Waals surface area contributed by atoms with Crippen LogP contribution in [0.25, 0.3) is 0 Å². The van der Waals surface area contributed by atoms with Gasteiger partial charge in [0.15, 0.2) is 0 Å². The molecule has 0 aliphatic rings. The van der Waals surface area contributed by atoms with Gasteiger partial charge in [0.1, 0.15) is 11.4 Å². The van der Waals surface area contributed by atoms with E-state index in [0.717, 1.165) is 22.4 Å². The molecule has 0 aliphatic heterocycles. The Morgan fingerprint density at radius 3 is 2.19 bits per heavy atom. The van der Waals surface area contributed by atoms with Crippen molar-refractivity contribution in [1.29, 1.82) is 0 Å². The highest BCUT2D eigenvalue weighted by molar-refractivity contribution is 5.54. The highest BCUT2D eigenvalue weighted by Gasteiger charge is 2.04. The number of hydrogen-bond donors (Lipinski definition) is 2. The van der Waals surface area contributed by atoms with Crippen molar-refractivity contribution >= 4 is 11.4 Å². The van der Waals surface area contributed by atoms with E-state index in [4.69, 9.17) is 16.2 Å². The first-order valence-electron chi connectivity index (χ1n) is 6.76. The van der Waals surface area contributed by atoms with Gasteiger partial charge in [-0.05, 0) is 41.8 Å². The summed E-state index contributed by atoms with van der Waals surface area (Å²) in [4.78, 5) is 0. The number of azo groups is 1. The topological polar surface area (TPSA) is 86.0 Å². The van der Waals surface area contributed by atoms with Gasteiger partial charge in [-0.25, -0.2) is 0 Å². The number of methoxy groups -OCH3 is 1. The summed E-state index contributed by atoms with van der Waals surface area (Å²) in [5, 5.41) is 8.58. The fourth-order valence-electron chi connectivity index (χ4n) is 1.93. The molecule has 5 nitrogen and oxygen atoms in total. The average Bonchev–Trinajstić information content (AvgIpc) is 2.54. The zero-order chi connectivity index (χ0) is 15.2. The molecule has 0 atom stereocenters. The Hall–Kier alpha value is -2.24. The molecule has 2 aromatic rings. The molecular formula is C16H20N4O. The first-order chi connectivity index (χ1) is 10.2. The van der Waals surface area contributed by atoms with Crippen molar-refractivity contribution in [2.75, 3.05) is 7.11 Å². The first-order valence-corrected chi connectivity index (χ1v) is 6.76. The van der Waals surface area contributed by atoms with Crippen molar-refractivity contribution in [1.82, 2.24) is 0 Å². The normalized spacial score (nSPS) is 11.0. The molecule has 21 heavy (non-hydrogen) atoms. The lowest BCUT2D eigenvalue weighted by molar-refractivity contribution is 0.415. The molecule has 0 spiro atoms. The second-order valence-corrected chi connectivity index (χ2v) is 4.74. The molecule has 5 heteroatoms. The molecule has 0 aromatic heterocycles. The van der Waals surface area contributed by atoms with E-state index in [1.165, 1.54) is 0 Å². The fourth-order valence-corrected chi connectivity index (χ4v) is 1.93. The van der Waals surface area contributed by atoms with Crippen LogP contribution in [-0.2, 0) is 13.1 Å². The molecule has 4 N–H and O–H groups in total. The summed E-state index contributed by atoms with van der Waals surface area (Å²) in [6.45, 7) is 2.94. The summed E-state index contributed by atoms with van der Waals surface area (Å²) in [5.41, 5.74) is 15.8. The Morgan fingerprint density at radius 2 is 1.52 bits per heavy atom. The Kier molecular flexibility index (Phi) is 5.03. The Bertz CT molecular complexity index is 653. The summed E-state index contributed by atoms with van der Waals surface area (Å²) in [7, 11) is 1.61. The van der Waals surface area contributed by atoms with Crippen LogP contribution in [0.3, 0.4) is 0 Å². The van der Waals surface area contributed by atoms with Crippen LogP contribution in [0.2, 0.25) is 0 Å². The zero-order valence-corrected chi connectivity index (χ0v) is 12.3. The number of ether oxygens (including phenoxy) is 1. The molecule has 0 unspecified atom stereocenters. The lowest BCUT2D eigenvalue weighted by Gasteiger charge is -2.06. The number of benzene rings is 2. The molecule has 2 aromatic carbocycles. The molecule has 2 rings (SSSR count). The summed E-state index contributed by atoms with van der Waals surface area (Å²) >= 11 is 0. The minimum absolute atomic E-state index is 0.464. The Labute approximate surface area is 124 Å². The van der Waals surface area contributed by atoms with Crippen LogP contribution in [0.15, 0.2) is 46.6 Å². The van der Waals surface area contributed by atoms with Crippen molar-refractivity contribution in [3.8, 4) is 5.75 Å². The second kappa shape index (κ2) is 6.97. The van der Waals surface area contributed by atoms with Crippen LogP contribution in [0.5, 0.6) is 5.75 Å². The van der Waals surface area contributed by atoms with E-state index in [2.05, 4.69) is 10.2 Å². The highest BCUT2D eigenvalue weighted by Crippen LogP contribution is 2.31. The third-order valence-electron chi connectivity index (χ3n) is 3.25. The van der Waals surface area contributed by atoms with Crippen molar-refractivity contribution in [2.24, 2.45) is 21.7 Å². The van der Waals surface area contributed by atoms with Crippen molar-refractivity contribution in [3.63, 3.8) is 0 Å². The van der Waals surface area contributed by atoms with Gasteiger partial charge in [0, 0.05) is 13.1 Å². The molecule has 0 aliphatic carbocycles. The predicted octanol–water partition coefficient (Wildman–Crippen LogP) is 3.34. The maximum absolute atomic E-state index is 5.65. The molecule has 0 fully saturated rings. The minimum atomic E-state index is 0.464. The van der Waals surface area contributed by atoms with Crippen LogP contribution in [0, 0.1) is 6.92 Å². The monoisotopic (exact) mass is 284 g/mol. The minimum Gasteiger partial charge on any atom is -0.494 e. The molecular weight excluding hydrogens is 264 g/mol. The average molecular weight is 284 g/mol. The summed E-state index contributed by atoms with van der Waals surface area (Å²) in [5.74, 6) is 0.661. The molecule has 0 bridgehead atoms. The van der Waals surface area contributed by atoms with Gasteiger partial charge in [-0.15, -0.1) is 5.11 Å². The van der Waals surface area contributed by atoms with E-state index in [-0.39, 0.29) is 0 Å². The van der Waals surface area contributed by atoms with Gasteiger partial charge >= 0.3 is 0 Å². The van der Waals surface area contributed by atoms with Crippen LogP contribution in [0.4, 0.5) is 11.4 Å². The summed E-state index contributed by atoms with van der Waals surface area (Å²) < 4.78 is 5.32. The van der Waals surface area contributed by atoms with Crippen molar-refractivity contribution < 1.29 is 4.74 Å². The van der Waals surface area contributed by atoms with E-state index in [0.29, 0.717) is 24.5 Å². The van der Waals surface area contributed by atoms with Crippen molar-refractivity contribution in [2.45, 2.75) is 20.0 Å². The van der Waals surface area contributed by atoms with Crippen LogP contribution in [0.1, 0.15) is 16.7 Å². The standard InChI is InChI=1S/C16H20N4O/c1-11-3-4-12(9-17)7-15(11)20-19-14-6-5-13(10-18)8-16(14)21-2/h3-8H,9-10,17-18H2,1-2H3. The number of nitrogens with zero attached hydrogens (tertiary/aromatic N) is 2. The lowest BCUT2D eigenvalue weighted by Crippen LogP contribution is -1.96. The number of aryl methyl sites for hydroxylation is 1. The molecule has 0 heterocycles. The summed E-state index contributed by atoms with van der Waals surface area (Å²) in [6, 6.07) is 11.6. The fraction of sp³-hybridized carbons (Fsp3) is 0.250. The van der Waals surface area contributed by atoms with Crippen molar-refractivity contribution in [3.05, 3.63) is 53.1 Å². The number of nitrogens with two attached hydrogens (primary N) is 2. The van der Waals surface area contributed by atoms with Gasteiger partial charge in [-0.1, -0.05) is 18.2 Å². The Balaban J connectivity index is 2.33. The largest absolute Gasteiger partial charge is 0.494 e. The quantitative estimate of drug-likeness (QED) is 0.826. The van der Waals surface area contributed by atoms with Gasteiger partial charge in [-0.2, -0.15) is 5.11 Å². The third kappa shape index (κ3) is 3.65. The van der Waals surface area contributed by atoms with E-state index in [1.54, 1.807) is 7.11 Å². The molecule has 0 radical (unpaired) electrons. The zero-order valence-electron chi connectivity index (χ0n) is 12.3. The SMILES string of the molecule is COc1cc(CN)ccc1N=Nc1cc(CN)ccc1C. The van der Waals surface area contributed by atoms with E-state index in [9.17, 15) is 0 Å². The van der Waals surface area contributed by atoms with Gasteiger partial charge in [0.05, 0.1) is 12.8 Å². The Morgan fingerprint density at radius 1 is 0.905 bits per heavy atom. The molecule has 0 saturated heterocycles. The molecule has 0 amide bonds. The number of rotatable bonds is 5. The summed E-state index contributed by atoms with van der Waals surface area (Å²) in [6.07, 6.45) is 0. The number of hydrogen-bond acceptors (Lipinski definition) is 5. The smallest absolute Gasteiger partial charge is 0.146 e. The van der Waals surface area contributed by atoms with E-state index < -0.39 is 0 Å². The van der Waals surface area contributed by atoms with Crippen LogP contribution in [-0.4, -0.2) is 7.11 Å².